The van der Waals surface area contributed by atoms with Crippen molar-refractivity contribution >= 4 is 32.6 Å². The number of aromatic nitrogens is 5. The van der Waals surface area contributed by atoms with E-state index in [4.69, 9.17) is 15.0 Å². The van der Waals surface area contributed by atoms with Crippen molar-refractivity contribution in [2.24, 2.45) is 0 Å². The molecule has 10 aromatic rings. The molecule has 0 saturated carbocycles. The molecule has 0 bridgehead atoms. The molecular weight excluding hydrogens is 647 g/mol. The maximum absolute atomic E-state index is 5.27. The topological polar surface area (TPSA) is 56.5 Å². The maximum atomic E-state index is 5.27. The van der Waals surface area contributed by atoms with Crippen LogP contribution in [-0.4, -0.2) is 24.5 Å². The lowest BCUT2D eigenvalue weighted by molar-refractivity contribution is 0.954. The zero-order chi connectivity index (χ0) is 34.9. The second-order valence-corrected chi connectivity index (χ2v) is 13.5. The Morgan fingerprint density at radius 2 is 0.925 bits per heavy atom. The van der Waals surface area contributed by atoms with Crippen molar-refractivity contribution in [2.75, 3.05) is 0 Å². The smallest absolute Gasteiger partial charge is 0.238 e. The second-order valence-electron chi connectivity index (χ2n) is 13.5. The standard InChI is InChI=1S/C48H29N5/c1-3-12-30(13-4-1)31-22-24-33(25-23-31)47-50-46(32-14-5-2-6-15-32)51-48(52-47)53-42-21-10-9-18-38(42)45-39-20-11-19-37-34-16-7-8-17-35(34)41-29-49-27-26-36(41)40(44(37)39)28-43(45)53/h1-29H. The third-order valence-corrected chi connectivity index (χ3v) is 10.5. The second kappa shape index (κ2) is 11.7. The van der Waals surface area contributed by atoms with Gasteiger partial charge in [0.2, 0.25) is 5.95 Å². The number of fused-ring (bicyclic) bond motifs is 9. The van der Waals surface area contributed by atoms with Crippen LogP contribution in [0.5, 0.6) is 0 Å². The molecule has 0 fully saturated rings. The molecular formula is C48H29N5. The molecule has 5 heteroatoms. The molecule has 3 heterocycles. The van der Waals surface area contributed by atoms with Crippen molar-refractivity contribution in [3.8, 4) is 73.2 Å². The monoisotopic (exact) mass is 675 g/mol. The molecule has 0 atom stereocenters. The summed E-state index contributed by atoms with van der Waals surface area (Å²) < 4.78 is 2.22. The zero-order valence-electron chi connectivity index (χ0n) is 28.5. The molecule has 7 aromatic carbocycles. The minimum atomic E-state index is 0.571. The van der Waals surface area contributed by atoms with Crippen LogP contribution in [0.3, 0.4) is 0 Å². The van der Waals surface area contributed by atoms with Crippen LogP contribution in [0.15, 0.2) is 176 Å². The predicted molar refractivity (Wildman–Crippen MR) is 216 cm³/mol. The van der Waals surface area contributed by atoms with Gasteiger partial charge < -0.3 is 0 Å². The van der Waals surface area contributed by atoms with Gasteiger partial charge in [0, 0.05) is 39.9 Å². The number of para-hydroxylation sites is 1. The summed E-state index contributed by atoms with van der Waals surface area (Å²) >= 11 is 0. The Kier molecular flexibility index (Phi) is 6.48. The number of nitrogens with zero attached hydrogens (tertiary/aromatic N) is 5. The molecule has 0 saturated heterocycles. The molecule has 0 aliphatic heterocycles. The number of pyridine rings is 1. The van der Waals surface area contributed by atoms with E-state index in [0.717, 1.165) is 49.8 Å². The molecule has 1 aliphatic carbocycles. The van der Waals surface area contributed by atoms with E-state index >= 15 is 0 Å². The van der Waals surface area contributed by atoms with Crippen molar-refractivity contribution < 1.29 is 0 Å². The van der Waals surface area contributed by atoms with E-state index in [1.54, 1.807) is 0 Å². The Labute approximate surface area is 305 Å². The van der Waals surface area contributed by atoms with Gasteiger partial charge in [-0.05, 0) is 67.9 Å². The molecule has 11 rings (SSSR count). The lowest BCUT2D eigenvalue weighted by Crippen LogP contribution is -2.06. The van der Waals surface area contributed by atoms with Gasteiger partial charge in [0.25, 0.3) is 0 Å². The van der Waals surface area contributed by atoms with Gasteiger partial charge in [0.15, 0.2) is 11.6 Å². The highest BCUT2D eigenvalue weighted by atomic mass is 15.2. The predicted octanol–water partition coefficient (Wildman–Crippen LogP) is 11.8. The van der Waals surface area contributed by atoms with Crippen LogP contribution < -0.4 is 0 Å². The number of hydrogen-bond donors (Lipinski definition) is 0. The fourth-order valence-corrected chi connectivity index (χ4v) is 8.14. The number of hydrogen-bond acceptors (Lipinski definition) is 4. The first-order valence-electron chi connectivity index (χ1n) is 17.8. The summed E-state index contributed by atoms with van der Waals surface area (Å²) in [5.74, 6) is 1.81. The summed E-state index contributed by atoms with van der Waals surface area (Å²) in [6.45, 7) is 0. The normalized spacial score (nSPS) is 11.8. The van der Waals surface area contributed by atoms with E-state index in [9.17, 15) is 0 Å². The molecule has 1 aliphatic rings. The van der Waals surface area contributed by atoms with Crippen molar-refractivity contribution in [3.05, 3.63) is 176 Å². The fourth-order valence-electron chi connectivity index (χ4n) is 8.14. The minimum absolute atomic E-state index is 0.571. The van der Waals surface area contributed by atoms with Crippen LogP contribution in [0, 0.1) is 0 Å². The van der Waals surface area contributed by atoms with Gasteiger partial charge in [-0.1, -0.05) is 146 Å². The summed E-state index contributed by atoms with van der Waals surface area (Å²) in [4.78, 5) is 20.2. The molecule has 246 valence electrons. The van der Waals surface area contributed by atoms with Gasteiger partial charge >= 0.3 is 0 Å². The van der Waals surface area contributed by atoms with Crippen LogP contribution in [0.4, 0.5) is 0 Å². The Hall–Kier alpha value is -7.24. The van der Waals surface area contributed by atoms with E-state index in [-0.39, 0.29) is 0 Å². The number of rotatable bonds is 4. The first-order valence-corrected chi connectivity index (χ1v) is 17.8. The molecule has 0 amide bonds. The van der Waals surface area contributed by atoms with Gasteiger partial charge in [0.05, 0.1) is 11.0 Å². The zero-order valence-corrected chi connectivity index (χ0v) is 28.5. The van der Waals surface area contributed by atoms with Crippen LogP contribution >= 0.6 is 0 Å². The van der Waals surface area contributed by atoms with Crippen LogP contribution in [0.25, 0.3) is 106 Å². The first-order chi connectivity index (χ1) is 26.3. The van der Waals surface area contributed by atoms with E-state index in [0.29, 0.717) is 17.6 Å². The molecule has 0 unspecified atom stereocenters. The Bertz CT molecular complexity index is 3040. The summed E-state index contributed by atoms with van der Waals surface area (Å²) in [7, 11) is 0. The van der Waals surface area contributed by atoms with Crippen molar-refractivity contribution in [1.29, 1.82) is 0 Å². The highest BCUT2D eigenvalue weighted by Crippen LogP contribution is 2.50. The summed E-state index contributed by atoms with van der Waals surface area (Å²) in [6, 6.07) is 57.5. The largest absolute Gasteiger partial charge is 0.278 e. The van der Waals surface area contributed by atoms with Crippen LogP contribution in [0.1, 0.15) is 0 Å². The molecule has 5 nitrogen and oxygen atoms in total. The van der Waals surface area contributed by atoms with Gasteiger partial charge in [-0.3, -0.25) is 9.55 Å². The quantitative estimate of drug-likeness (QED) is 0.186. The Morgan fingerprint density at radius 1 is 0.358 bits per heavy atom. The minimum Gasteiger partial charge on any atom is -0.278 e. The molecule has 0 radical (unpaired) electrons. The van der Waals surface area contributed by atoms with Gasteiger partial charge in [-0.2, -0.15) is 9.97 Å². The lowest BCUT2D eigenvalue weighted by atomic mass is 9.91. The molecule has 0 N–H and O–H groups in total. The average molecular weight is 676 g/mol. The van der Waals surface area contributed by atoms with Crippen LogP contribution in [0.2, 0.25) is 0 Å². The maximum Gasteiger partial charge on any atom is 0.238 e. The number of benzene rings is 7. The van der Waals surface area contributed by atoms with Crippen molar-refractivity contribution in [1.82, 2.24) is 24.5 Å². The first kappa shape index (κ1) is 29.5. The summed E-state index contributed by atoms with van der Waals surface area (Å²) in [5, 5.41) is 4.75. The Balaban J connectivity index is 1.22. The molecule has 3 aromatic heterocycles. The lowest BCUT2D eigenvalue weighted by Gasteiger charge is -2.14. The Morgan fingerprint density at radius 3 is 1.70 bits per heavy atom. The summed E-state index contributed by atoms with van der Waals surface area (Å²) in [6.07, 6.45) is 3.90. The third kappa shape index (κ3) is 4.57. The fraction of sp³-hybridized carbons (Fsp3) is 0. The van der Waals surface area contributed by atoms with E-state index < -0.39 is 0 Å². The SMILES string of the molecule is c1ccc(-c2ccc(-c3nc(-c4ccccc4)nc(-n4c5ccccc5c5c6cccc7c6c(cc54)-c4ccncc4-c4ccccc4-7)n3)cc2)cc1. The van der Waals surface area contributed by atoms with Gasteiger partial charge in [0.1, 0.15) is 0 Å². The van der Waals surface area contributed by atoms with Gasteiger partial charge in [-0.25, -0.2) is 4.98 Å². The molecule has 0 spiro atoms. The summed E-state index contributed by atoms with van der Waals surface area (Å²) in [5.41, 5.74) is 13.3. The van der Waals surface area contributed by atoms with Gasteiger partial charge in [-0.15, -0.1) is 0 Å². The van der Waals surface area contributed by atoms with E-state index in [1.807, 2.05) is 36.7 Å². The molecule has 53 heavy (non-hydrogen) atoms. The van der Waals surface area contributed by atoms with E-state index in [1.165, 1.54) is 38.4 Å². The van der Waals surface area contributed by atoms with Crippen molar-refractivity contribution in [2.45, 2.75) is 0 Å². The third-order valence-electron chi connectivity index (χ3n) is 10.5. The van der Waals surface area contributed by atoms with Crippen LogP contribution in [-0.2, 0) is 0 Å². The van der Waals surface area contributed by atoms with E-state index in [2.05, 4.69) is 149 Å². The average Bonchev–Trinajstić information content (AvgIpc) is 3.52. The highest BCUT2D eigenvalue weighted by Gasteiger charge is 2.26. The highest BCUT2D eigenvalue weighted by molar-refractivity contribution is 6.28. The van der Waals surface area contributed by atoms with Crippen molar-refractivity contribution in [3.63, 3.8) is 0 Å².